The number of amides is 1. The molecule has 1 aliphatic rings. The number of aryl methyl sites for hydroxylation is 1. The number of carbonyl (C=O) groups excluding carboxylic acids is 1. The van der Waals surface area contributed by atoms with Gasteiger partial charge in [-0.3, -0.25) is 9.59 Å². The van der Waals surface area contributed by atoms with Crippen molar-refractivity contribution in [3.8, 4) is 11.5 Å². The Balaban J connectivity index is 1.69. The van der Waals surface area contributed by atoms with Crippen molar-refractivity contribution in [1.82, 2.24) is 4.98 Å². The molecular formula is C19H16N2O4. The van der Waals surface area contributed by atoms with Crippen LogP contribution >= 0.6 is 0 Å². The fourth-order valence-electron chi connectivity index (χ4n) is 3.11. The van der Waals surface area contributed by atoms with E-state index in [2.05, 4.69) is 4.98 Å². The molecule has 1 amide bonds. The van der Waals surface area contributed by atoms with Crippen molar-refractivity contribution in [2.45, 2.75) is 13.3 Å². The van der Waals surface area contributed by atoms with Crippen LogP contribution < -0.4 is 4.90 Å². The molecule has 4 rings (SSSR count). The van der Waals surface area contributed by atoms with Crippen molar-refractivity contribution in [3.63, 3.8) is 0 Å². The summed E-state index contributed by atoms with van der Waals surface area (Å²) in [5.41, 5.74) is 3.91. The van der Waals surface area contributed by atoms with Gasteiger partial charge < -0.3 is 14.4 Å². The first-order valence-corrected chi connectivity index (χ1v) is 8.02. The highest BCUT2D eigenvalue weighted by atomic mass is 16.4. The maximum absolute atomic E-state index is 12.1. The third-order valence-electron chi connectivity index (χ3n) is 4.42. The van der Waals surface area contributed by atoms with E-state index in [4.69, 9.17) is 9.52 Å². The molecule has 6 nitrogen and oxygen atoms in total. The molecule has 1 unspecified atom stereocenters. The number of rotatable bonds is 3. The van der Waals surface area contributed by atoms with Gasteiger partial charge in [-0.2, -0.15) is 0 Å². The maximum atomic E-state index is 12.1. The van der Waals surface area contributed by atoms with Crippen LogP contribution in [0, 0.1) is 12.8 Å². The summed E-state index contributed by atoms with van der Waals surface area (Å²) in [4.78, 5) is 29.2. The Labute approximate surface area is 143 Å². The van der Waals surface area contributed by atoms with Crippen LogP contribution in [0.4, 0.5) is 5.69 Å². The van der Waals surface area contributed by atoms with Crippen molar-refractivity contribution in [2.24, 2.45) is 5.92 Å². The van der Waals surface area contributed by atoms with E-state index in [-0.39, 0.29) is 18.9 Å². The summed E-state index contributed by atoms with van der Waals surface area (Å²) in [7, 11) is 0. The second kappa shape index (κ2) is 5.73. The van der Waals surface area contributed by atoms with E-state index >= 15 is 0 Å². The zero-order valence-corrected chi connectivity index (χ0v) is 13.6. The predicted octanol–water partition coefficient (Wildman–Crippen LogP) is 3.24. The Kier molecular flexibility index (Phi) is 3.53. The van der Waals surface area contributed by atoms with Crippen molar-refractivity contribution < 1.29 is 19.1 Å². The lowest BCUT2D eigenvalue weighted by molar-refractivity contribution is -0.141. The van der Waals surface area contributed by atoms with Crippen LogP contribution in [0.1, 0.15) is 12.0 Å². The zero-order chi connectivity index (χ0) is 17.6. The summed E-state index contributed by atoms with van der Waals surface area (Å²) >= 11 is 0. The van der Waals surface area contributed by atoms with Gasteiger partial charge in [-0.05, 0) is 37.3 Å². The van der Waals surface area contributed by atoms with E-state index in [0.717, 1.165) is 11.1 Å². The number of fused-ring (bicyclic) bond motifs is 1. The zero-order valence-electron chi connectivity index (χ0n) is 13.6. The van der Waals surface area contributed by atoms with Gasteiger partial charge in [0.15, 0.2) is 5.58 Å². The number of nitrogens with zero attached hydrogens (tertiary/aromatic N) is 2. The fraction of sp³-hybridized carbons (Fsp3) is 0.211. The van der Waals surface area contributed by atoms with Crippen LogP contribution in [-0.4, -0.2) is 28.5 Å². The Bertz CT molecular complexity index is 992. The average Bonchev–Trinajstić information content (AvgIpc) is 3.17. The Morgan fingerprint density at radius 3 is 2.84 bits per heavy atom. The number of hydrogen-bond donors (Lipinski definition) is 1. The minimum atomic E-state index is -0.944. The van der Waals surface area contributed by atoms with Gasteiger partial charge in [-0.1, -0.05) is 17.7 Å². The molecule has 3 aromatic rings. The Morgan fingerprint density at radius 2 is 2.12 bits per heavy atom. The molecule has 0 bridgehead atoms. The number of carbonyl (C=O) groups is 2. The van der Waals surface area contributed by atoms with Crippen LogP contribution in [0.15, 0.2) is 46.9 Å². The molecule has 1 atom stereocenters. The molecule has 0 saturated carbocycles. The summed E-state index contributed by atoms with van der Waals surface area (Å²) in [6, 6.07) is 13.2. The lowest BCUT2D eigenvalue weighted by Crippen LogP contribution is -2.25. The van der Waals surface area contributed by atoms with E-state index in [1.54, 1.807) is 18.2 Å². The van der Waals surface area contributed by atoms with Gasteiger partial charge in [-0.25, -0.2) is 4.98 Å². The number of anilines is 1. The highest BCUT2D eigenvalue weighted by molar-refractivity contribution is 6.00. The van der Waals surface area contributed by atoms with Crippen LogP contribution in [0.25, 0.3) is 22.6 Å². The quantitative estimate of drug-likeness (QED) is 0.794. The van der Waals surface area contributed by atoms with Crippen LogP contribution in [-0.2, 0) is 9.59 Å². The Morgan fingerprint density at radius 1 is 1.28 bits per heavy atom. The van der Waals surface area contributed by atoms with E-state index in [0.29, 0.717) is 22.7 Å². The molecule has 1 N–H and O–H groups in total. The minimum absolute atomic E-state index is 0.0285. The SMILES string of the molecule is Cc1cccc(-c2nc3cc(N4CC(C(=O)O)CC4=O)ccc3o2)c1. The number of aliphatic carboxylic acids is 1. The highest BCUT2D eigenvalue weighted by Gasteiger charge is 2.35. The van der Waals surface area contributed by atoms with Crippen molar-refractivity contribution in [1.29, 1.82) is 0 Å². The topological polar surface area (TPSA) is 83.6 Å². The Hall–Kier alpha value is -3.15. The van der Waals surface area contributed by atoms with E-state index in [9.17, 15) is 9.59 Å². The molecule has 0 aliphatic carbocycles. The van der Waals surface area contributed by atoms with Crippen molar-refractivity contribution in [3.05, 3.63) is 48.0 Å². The molecule has 2 aromatic carbocycles. The number of oxazole rings is 1. The van der Waals surface area contributed by atoms with E-state index in [1.807, 2.05) is 31.2 Å². The molecule has 126 valence electrons. The van der Waals surface area contributed by atoms with Crippen molar-refractivity contribution in [2.75, 3.05) is 11.4 Å². The summed E-state index contributed by atoms with van der Waals surface area (Å²) in [6.07, 6.45) is 0.0285. The number of benzene rings is 2. The van der Waals surface area contributed by atoms with Gasteiger partial charge in [0, 0.05) is 24.2 Å². The number of carboxylic acid groups (broad SMARTS) is 1. The second-order valence-corrected chi connectivity index (χ2v) is 6.28. The number of carboxylic acids is 1. The molecule has 1 fully saturated rings. The minimum Gasteiger partial charge on any atom is -0.481 e. The number of hydrogen-bond acceptors (Lipinski definition) is 4. The lowest BCUT2D eigenvalue weighted by Gasteiger charge is -2.15. The third kappa shape index (κ3) is 2.76. The van der Waals surface area contributed by atoms with Gasteiger partial charge >= 0.3 is 5.97 Å². The van der Waals surface area contributed by atoms with Gasteiger partial charge in [0.2, 0.25) is 11.8 Å². The molecule has 0 spiro atoms. The fourth-order valence-corrected chi connectivity index (χ4v) is 3.11. The summed E-state index contributed by atoms with van der Waals surface area (Å²) < 4.78 is 5.80. The van der Waals surface area contributed by atoms with Crippen molar-refractivity contribution >= 4 is 28.7 Å². The summed E-state index contributed by atoms with van der Waals surface area (Å²) in [5, 5.41) is 9.11. The lowest BCUT2D eigenvalue weighted by atomic mass is 10.1. The largest absolute Gasteiger partial charge is 0.481 e. The van der Waals surface area contributed by atoms with Gasteiger partial charge in [-0.15, -0.1) is 0 Å². The first-order valence-electron chi connectivity index (χ1n) is 8.02. The molecule has 1 aromatic heterocycles. The van der Waals surface area contributed by atoms with Gasteiger partial charge in [0.05, 0.1) is 5.92 Å². The third-order valence-corrected chi connectivity index (χ3v) is 4.42. The first kappa shape index (κ1) is 15.4. The monoisotopic (exact) mass is 336 g/mol. The molecule has 0 radical (unpaired) electrons. The van der Waals surface area contributed by atoms with Gasteiger partial charge in [0.25, 0.3) is 0 Å². The van der Waals surface area contributed by atoms with Gasteiger partial charge in [0.1, 0.15) is 5.52 Å². The summed E-state index contributed by atoms with van der Waals surface area (Å²) in [6.45, 7) is 2.18. The average molecular weight is 336 g/mol. The second-order valence-electron chi connectivity index (χ2n) is 6.28. The molecule has 1 aliphatic heterocycles. The molecule has 25 heavy (non-hydrogen) atoms. The van der Waals surface area contributed by atoms with Crippen LogP contribution in [0.3, 0.4) is 0 Å². The van der Waals surface area contributed by atoms with E-state index in [1.165, 1.54) is 4.90 Å². The smallest absolute Gasteiger partial charge is 0.308 e. The molecule has 6 heteroatoms. The first-order chi connectivity index (χ1) is 12.0. The molecule has 1 saturated heterocycles. The maximum Gasteiger partial charge on any atom is 0.308 e. The normalized spacial score (nSPS) is 17.4. The van der Waals surface area contributed by atoms with Crippen LogP contribution in [0.5, 0.6) is 0 Å². The molecular weight excluding hydrogens is 320 g/mol. The number of aromatic nitrogens is 1. The molecule has 2 heterocycles. The van der Waals surface area contributed by atoms with E-state index < -0.39 is 11.9 Å². The highest BCUT2D eigenvalue weighted by Crippen LogP contribution is 2.30. The standard InChI is InChI=1S/C19H16N2O4/c1-11-3-2-4-12(7-11)18-20-15-9-14(5-6-16(15)25-18)21-10-13(19(23)24)8-17(21)22/h2-7,9,13H,8,10H2,1H3,(H,23,24). The summed E-state index contributed by atoms with van der Waals surface area (Å²) in [5.74, 6) is -1.27. The van der Waals surface area contributed by atoms with Crippen LogP contribution in [0.2, 0.25) is 0 Å². The predicted molar refractivity (Wildman–Crippen MR) is 92.3 cm³/mol.